The van der Waals surface area contributed by atoms with Gasteiger partial charge in [0.25, 0.3) is 5.56 Å². The van der Waals surface area contributed by atoms with E-state index in [-0.39, 0.29) is 22.9 Å². The van der Waals surface area contributed by atoms with Crippen molar-refractivity contribution in [3.05, 3.63) is 51.4 Å². The molecular weight excluding hydrogens is 504 g/mol. The zero-order valence-corrected chi connectivity index (χ0v) is 23.5. The van der Waals surface area contributed by atoms with Crippen LogP contribution < -0.4 is 25.2 Å². The molecule has 0 spiro atoms. The van der Waals surface area contributed by atoms with Gasteiger partial charge < -0.3 is 24.3 Å². The number of rotatable bonds is 5. The Morgan fingerprint density at radius 2 is 1.77 bits per heavy atom. The van der Waals surface area contributed by atoms with Crippen molar-refractivity contribution in [2.75, 3.05) is 30.6 Å². The van der Waals surface area contributed by atoms with E-state index >= 15 is 0 Å². The SMILES string of the molecule is CN(c1c(C#N)c(=O)n(C)c2ccc(C#N)nc12)C1CCCCC1.Cc1cc2c(cc1NCC1CCC1)OCO2. The molecule has 0 amide bonds. The molecule has 1 N–H and O–H groups in total. The van der Waals surface area contributed by atoms with Crippen molar-refractivity contribution in [3.63, 3.8) is 0 Å². The van der Waals surface area contributed by atoms with E-state index in [0.717, 1.165) is 49.6 Å². The predicted molar refractivity (Wildman–Crippen MR) is 155 cm³/mol. The monoisotopic (exact) mass is 540 g/mol. The Bertz CT molecular complexity index is 1540. The van der Waals surface area contributed by atoms with Gasteiger partial charge in [-0.2, -0.15) is 10.5 Å². The van der Waals surface area contributed by atoms with E-state index in [0.29, 0.717) is 23.5 Å². The summed E-state index contributed by atoms with van der Waals surface area (Å²) in [5.74, 6) is 2.60. The number of nitriles is 2. The maximum atomic E-state index is 12.6. The summed E-state index contributed by atoms with van der Waals surface area (Å²) in [7, 11) is 3.55. The van der Waals surface area contributed by atoms with E-state index in [1.807, 2.05) is 24.1 Å². The predicted octanol–water partition coefficient (Wildman–Crippen LogP) is 5.38. The van der Waals surface area contributed by atoms with Gasteiger partial charge in [0.1, 0.15) is 28.9 Å². The molecule has 2 aliphatic carbocycles. The topological polar surface area (TPSA) is 116 Å². The highest BCUT2D eigenvalue weighted by atomic mass is 16.7. The molecule has 2 fully saturated rings. The van der Waals surface area contributed by atoms with Crippen LogP contribution in [-0.2, 0) is 7.05 Å². The number of ether oxygens (including phenoxy) is 2. The first-order chi connectivity index (χ1) is 19.4. The number of benzene rings is 1. The fourth-order valence-corrected chi connectivity index (χ4v) is 5.74. The number of aromatic nitrogens is 2. The lowest BCUT2D eigenvalue weighted by Crippen LogP contribution is -2.36. The van der Waals surface area contributed by atoms with E-state index in [4.69, 9.17) is 14.7 Å². The van der Waals surface area contributed by atoms with Gasteiger partial charge in [0.05, 0.1) is 11.2 Å². The molecule has 9 heteroatoms. The van der Waals surface area contributed by atoms with Crippen LogP contribution in [0.3, 0.4) is 0 Å². The molecule has 2 saturated carbocycles. The van der Waals surface area contributed by atoms with Crippen LogP contribution in [-0.4, -0.2) is 36.0 Å². The van der Waals surface area contributed by atoms with Gasteiger partial charge in [-0.3, -0.25) is 4.79 Å². The average molecular weight is 541 g/mol. The van der Waals surface area contributed by atoms with Gasteiger partial charge in [0.2, 0.25) is 6.79 Å². The minimum absolute atomic E-state index is 0.0978. The van der Waals surface area contributed by atoms with Crippen LogP contribution in [0, 0.1) is 35.5 Å². The average Bonchev–Trinajstić information content (AvgIpc) is 3.41. The van der Waals surface area contributed by atoms with Crippen molar-refractivity contribution in [1.82, 2.24) is 9.55 Å². The van der Waals surface area contributed by atoms with Crippen LogP contribution in [0.25, 0.3) is 11.0 Å². The van der Waals surface area contributed by atoms with Crippen molar-refractivity contribution in [2.24, 2.45) is 13.0 Å². The number of anilines is 2. The summed E-state index contributed by atoms with van der Waals surface area (Å²) in [6, 6.07) is 11.8. The van der Waals surface area contributed by atoms with Crippen molar-refractivity contribution in [3.8, 4) is 23.6 Å². The molecule has 3 heterocycles. The molecule has 0 saturated heterocycles. The lowest BCUT2D eigenvalue weighted by Gasteiger charge is -2.33. The smallest absolute Gasteiger partial charge is 0.270 e. The molecule has 1 aliphatic heterocycles. The second kappa shape index (κ2) is 11.9. The lowest BCUT2D eigenvalue weighted by molar-refractivity contribution is 0.174. The van der Waals surface area contributed by atoms with Crippen LogP contribution >= 0.6 is 0 Å². The number of nitrogens with zero attached hydrogens (tertiary/aromatic N) is 5. The zero-order valence-electron chi connectivity index (χ0n) is 23.5. The van der Waals surface area contributed by atoms with E-state index < -0.39 is 0 Å². The van der Waals surface area contributed by atoms with Gasteiger partial charge in [0, 0.05) is 38.4 Å². The molecule has 2 aromatic heterocycles. The highest BCUT2D eigenvalue weighted by molar-refractivity contribution is 5.92. The third-order valence-electron chi connectivity index (χ3n) is 8.44. The Morgan fingerprint density at radius 3 is 2.42 bits per heavy atom. The molecule has 40 heavy (non-hydrogen) atoms. The summed E-state index contributed by atoms with van der Waals surface area (Å²) >= 11 is 0. The standard InChI is InChI=1S/C18H19N5O.C13H17NO2/c1-22(13-6-4-3-5-7-13)17-14(11-20)18(24)23(2)15-9-8-12(10-19)21-16(15)17;1-9-5-12-13(16-8-15-12)6-11(9)14-7-10-3-2-4-10/h8-9,13H,3-7H2,1-2H3;5-6,10,14H,2-4,7-8H2,1H3. The molecule has 0 unspecified atom stereocenters. The van der Waals surface area contributed by atoms with Crippen molar-refractivity contribution in [2.45, 2.75) is 64.3 Å². The van der Waals surface area contributed by atoms with Gasteiger partial charge in [-0.05, 0) is 62.3 Å². The highest BCUT2D eigenvalue weighted by Gasteiger charge is 2.26. The number of pyridine rings is 2. The Balaban J connectivity index is 0.000000174. The van der Waals surface area contributed by atoms with E-state index in [9.17, 15) is 10.1 Å². The first kappa shape index (κ1) is 27.3. The highest BCUT2D eigenvalue weighted by Crippen LogP contribution is 2.37. The first-order valence-corrected chi connectivity index (χ1v) is 14.1. The lowest BCUT2D eigenvalue weighted by atomic mass is 9.85. The first-order valence-electron chi connectivity index (χ1n) is 14.1. The van der Waals surface area contributed by atoms with E-state index in [1.54, 1.807) is 19.2 Å². The van der Waals surface area contributed by atoms with Crippen molar-refractivity contribution >= 4 is 22.4 Å². The van der Waals surface area contributed by atoms with Gasteiger partial charge in [-0.15, -0.1) is 0 Å². The second-order valence-electron chi connectivity index (χ2n) is 11.0. The third kappa shape index (κ3) is 5.42. The molecule has 3 aromatic rings. The van der Waals surface area contributed by atoms with Crippen LogP contribution in [0.2, 0.25) is 0 Å². The number of hydrogen-bond acceptors (Lipinski definition) is 8. The van der Waals surface area contributed by atoms with Crippen LogP contribution in [0.15, 0.2) is 29.1 Å². The quantitative estimate of drug-likeness (QED) is 0.458. The zero-order chi connectivity index (χ0) is 28.2. The maximum Gasteiger partial charge on any atom is 0.270 e. The summed E-state index contributed by atoms with van der Waals surface area (Å²) in [6.07, 6.45) is 9.74. The molecule has 0 radical (unpaired) electrons. The Hall–Kier alpha value is -4.24. The van der Waals surface area contributed by atoms with Gasteiger partial charge in [-0.1, -0.05) is 25.7 Å². The largest absolute Gasteiger partial charge is 0.454 e. The molecule has 0 atom stereocenters. The Labute approximate surface area is 234 Å². The summed E-state index contributed by atoms with van der Waals surface area (Å²) < 4.78 is 12.2. The van der Waals surface area contributed by atoms with Crippen LogP contribution in [0.1, 0.15) is 68.2 Å². The Kier molecular flexibility index (Phi) is 8.11. The third-order valence-corrected chi connectivity index (χ3v) is 8.44. The van der Waals surface area contributed by atoms with Crippen molar-refractivity contribution in [1.29, 1.82) is 10.5 Å². The van der Waals surface area contributed by atoms with Gasteiger partial charge in [0.15, 0.2) is 11.5 Å². The van der Waals surface area contributed by atoms with Crippen LogP contribution in [0.5, 0.6) is 11.5 Å². The van der Waals surface area contributed by atoms with E-state index in [1.165, 1.54) is 41.5 Å². The van der Waals surface area contributed by atoms with Crippen molar-refractivity contribution < 1.29 is 9.47 Å². The van der Waals surface area contributed by atoms with E-state index in [2.05, 4.69) is 29.4 Å². The normalized spacial score (nSPS) is 16.3. The maximum absolute atomic E-state index is 12.6. The molecule has 6 rings (SSSR count). The fourth-order valence-electron chi connectivity index (χ4n) is 5.74. The number of aryl methyl sites for hydroxylation is 2. The number of nitrogens with one attached hydrogen (secondary N) is 1. The molecule has 0 bridgehead atoms. The Morgan fingerprint density at radius 1 is 1.05 bits per heavy atom. The molecule has 3 aliphatic rings. The molecule has 1 aromatic carbocycles. The minimum Gasteiger partial charge on any atom is -0.454 e. The minimum atomic E-state index is -0.325. The molecule has 208 valence electrons. The summed E-state index contributed by atoms with van der Waals surface area (Å²) in [6.45, 7) is 3.53. The van der Waals surface area contributed by atoms with Crippen LogP contribution in [0.4, 0.5) is 11.4 Å². The van der Waals surface area contributed by atoms with Gasteiger partial charge >= 0.3 is 0 Å². The number of fused-ring (bicyclic) bond motifs is 2. The van der Waals surface area contributed by atoms with Gasteiger partial charge in [-0.25, -0.2) is 4.98 Å². The summed E-state index contributed by atoms with van der Waals surface area (Å²) in [4.78, 5) is 19.0. The molecular formula is C31H36N6O3. The second-order valence-corrected chi connectivity index (χ2v) is 11.0. The summed E-state index contributed by atoms with van der Waals surface area (Å²) in [5.41, 5.74) is 4.19. The molecule has 9 nitrogen and oxygen atoms in total. The fraction of sp³-hybridized carbons (Fsp3) is 0.484. The summed E-state index contributed by atoms with van der Waals surface area (Å²) in [5, 5.41) is 22.2. The number of hydrogen-bond donors (Lipinski definition) is 1.